The third kappa shape index (κ3) is 4.91. The van der Waals surface area contributed by atoms with E-state index in [2.05, 4.69) is 10.0 Å². The van der Waals surface area contributed by atoms with Crippen LogP contribution in [0, 0.1) is 6.92 Å². The lowest BCUT2D eigenvalue weighted by molar-refractivity contribution is 0.102. The van der Waals surface area contributed by atoms with E-state index in [1.54, 1.807) is 45.0 Å². The summed E-state index contributed by atoms with van der Waals surface area (Å²) in [5.74, 6) is -0.284. The second-order valence-electron chi connectivity index (χ2n) is 6.70. The second kappa shape index (κ2) is 6.75. The van der Waals surface area contributed by atoms with Crippen LogP contribution in [0.15, 0.2) is 53.4 Å². The molecule has 2 aromatic rings. The lowest BCUT2D eigenvalue weighted by atomic mass is 10.1. The average molecular weight is 346 g/mol. The molecular weight excluding hydrogens is 324 g/mol. The monoisotopic (exact) mass is 346 g/mol. The largest absolute Gasteiger partial charge is 0.322 e. The molecule has 2 N–H and O–H groups in total. The molecule has 5 nitrogen and oxygen atoms in total. The molecule has 0 heterocycles. The molecule has 0 spiro atoms. The number of carbonyl (C=O) groups is 1. The molecule has 0 aliphatic heterocycles. The molecule has 0 radical (unpaired) electrons. The lowest BCUT2D eigenvalue weighted by Gasteiger charge is -2.20. The highest BCUT2D eigenvalue weighted by molar-refractivity contribution is 7.89. The van der Waals surface area contributed by atoms with Crippen molar-refractivity contribution in [2.75, 3.05) is 5.32 Å². The Morgan fingerprint density at radius 3 is 2.21 bits per heavy atom. The van der Waals surface area contributed by atoms with Gasteiger partial charge in [0.05, 0.1) is 4.90 Å². The standard InChI is InChI=1S/C18H22N2O3S/c1-13-8-10-14(11-9-13)17(21)19-15-6-5-7-16(12-15)24(22,23)20-18(2,3)4/h5-12,20H,1-4H3,(H,19,21). The van der Waals surface area contributed by atoms with Crippen LogP contribution in [0.25, 0.3) is 0 Å². The quantitative estimate of drug-likeness (QED) is 0.892. The minimum atomic E-state index is -3.65. The molecule has 1 amide bonds. The van der Waals surface area contributed by atoms with Gasteiger partial charge < -0.3 is 5.32 Å². The van der Waals surface area contributed by atoms with Crippen LogP contribution >= 0.6 is 0 Å². The smallest absolute Gasteiger partial charge is 0.255 e. The van der Waals surface area contributed by atoms with Crippen molar-refractivity contribution in [2.24, 2.45) is 0 Å². The van der Waals surface area contributed by atoms with Crippen LogP contribution < -0.4 is 10.0 Å². The first kappa shape index (κ1) is 18.2. The minimum absolute atomic E-state index is 0.110. The summed E-state index contributed by atoms with van der Waals surface area (Å²) in [6, 6.07) is 13.4. The maximum absolute atomic E-state index is 12.4. The highest BCUT2D eigenvalue weighted by Gasteiger charge is 2.22. The molecule has 2 aromatic carbocycles. The van der Waals surface area contributed by atoms with Gasteiger partial charge in [0.1, 0.15) is 0 Å². The Labute approximate surface area is 143 Å². The van der Waals surface area contributed by atoms with Crippen LogP contribution in [-0.4, -0.2) is 19.9 Å². The topological polar surface area (TPSA) is 75.3 Å². The zero-order valence-corrected chi connectivity index (χ0v) is 15.1. The van der Waals surface area contributed by atoms with Gasteiger partial charge in [-0.2, -0.15) is 0 Å². The molecule has 0 unspecified atom stereocenters. The molecule has 0 aliphatic carbocycles. The zero-order chi connectivity index (χ0) is 18.0. The van der Waals surface area contributed by atoms with Crippen LogP contribution in [0.1, 0.15) is 36.7 Å². The van der Waals surface area contributed by atoms with E-state index in [0.717, 1.165) is 5.56 Å². The van der Waals surface area contributed by atoms with Gasteiger partial charge in [-0.1, -0.05) is 23.8 Å². The second-order valence-corrected chi connectivity index (χ2v) is 8.39. The zero-order valence-electron chi connectivity index (χ0n) is 14.3. The molecule has 0 aliphatic rings. The maximum atomic E-state index is 12.4. The van der Waals surface area contributed by atoms with Crippen LogP contribution in [0.5, 0.6) is 0 Å². The molecule has 6 heteroatoms. The number of anilines is 1. The predicted molar refractivity (Wildman–Crippen MR) is 95.6 cm³/mol. The van der Waals surface area contributed by atoms with Gasteiger partial charge in [0, 0.05) is 16.8 Å². The summed E-state index contributed by atoms with van der Waals surface area (Å²) in [4.78, 5) is 12.3. The first-order valence-corrected chi connectivity index (χ1v) is 9.07. The number of benzene rings is 2. The first-order valence-electron chi connectivity index (χ1n) is 7.59. The molecule has 24 heavy (non-hydrogen) atoms. The van der Waals surface area contributed by atoms with Gasteiger partial charge >= 0.3 is 0 Å². The van der Waals surface area contributed by atoms with Crippen LogP contribution in [0.3, 0.4) is 0 Å². The third-order valence-corrected chi connectivity index (χ3v) is 4.91. The number of nitrogens with one attached hydrogen (secondary N) is 2. The van der Waals surface area contributed by atoms with Crippen molar-refractivity contribution in [2.45, 2.75) is 38.1 Å². The Bertz CT molecular complexity index is 835. The summed E-state index contributed by atoms with van der Waals surface area (Å²) < 4.78 is 27.3. The van der Waals surface area contributed by atoms with E-state index in [4.69, 9.17) is 0 Å². The number of aryl methyl sites for hydroxylation is 1. The van der Waals surface area contributed by atoms with Gasteiger partial charge in [0.25, 0.3) is 5.91 Å². The van der Waals surface area contributed by atoms with Gasteiger partial charge in [0.15, 0.2) is 0 Å². The van der Waals surface area contributed by atoms with Gasteiger partial charge in [-0.05, 0) is 58.0 Å². The highest BCUT2D eigenvalue weighted by atomic mass is 32.2. The Morgan fingerprint density at radius 1 is 1.00 bits per heavy atom. The number of rotatable bonds is 4. The number of sulfonamides is 1. The summed E-state index contributed by atoms with van der Waals surface area (Å²) in [7, 11) is -3.65. The first-order chi connectivity index (χ1) is 11.1. The lowest BCUT2D eigenvalue weighted by Crippen LogP contribution is -2.40. The molecule has 0 bridgehead atoms. The van der Waals surface area contributed by atoms with E-state index in [1.165, 1.54) is 12.1 Å². The summed E-state index contributed by atoms with van der Waals surface area (Å²) in [5.41, 5.74) is 1.42. The molecule has 0 aromatic heterocycles. The number of hydrogen-bond acceptors (Lipinski definition) is 3. The Morgan fingerprint density at radius 2 is 1.62 bits per heavy atom. The number of hydrogen-bond donors (Lipinski definition) is 2. The third-order valence-electron chi connectivity index (χ3n) is 3.16. The normalized spacial score (nSPS) is 12.0. The summed E-state index contributed by atoms with van der Waals surface area (Å²) in [6.45, 7) is 7.26. The van der Waals surface area contributed by atoms with E-state index in [-0.39, 0.29) is 10.8 Å². The minimum Gasteiger partial charge on any atom is -0.322 e. The van der Waals surface area contributed by atoms with E-state index in [0.29, 0.717) is 11.3 Å². The van der Waals surface area contributed by atoms with Crippen molar-refractivity contribution in [1.82, 2.24) is 4.72 Å². The van der Waals surface area contributed by atoms with E-state index >= 15 is 0 Å². The predicted octanol–water partition coefficient (Wildman–Crippen LogP) is 3.32. The molecule has 0 saturated carbocycles. The van der Waals surface area contributed by atoms with Crippen molar-refractivity contribution in [1.29, 1.82) is 0 Å². The van der Waals surface area contributed by atoms with Crippen molar-refractivity contribution in [3.05, 3.63) is 59.7 Å². The summed E-state index contributed by atoms with van der Waals surface area (Å²) >= 11 is 0. The van der Waals surface area contributed by atoms with Gasteiger partial charge in [-0.25, -0.2) is 13.1 Å². The molecule has 0 saturated heterocycles. The van der Waals surface area contributed by atoms with Gasteiger partial charge in [0.2, 0.25) is 10.0 Å². The van der Waals surface area contributed by atoms with E-state index < -0.39 is 15.6 Å². The molecule has 0 atom stereocenters. The fourth-order valence-electron chi connectivity index (χ4n) is 2.11. The number of amides is 1. The van der Waals surface area contributed by atoms with Crippen molar-refractivity contribution < 1.29 is 13.2 Å². The van der Waals surface area contributed by atoms with Crippen molar-refractivity contribution >= 4 is 21.6 Å². The highest BCUT2D eigenvalue weighted by Crippen LogP contribution is 2.18. The molecular formula is C18H22N2O3S. The van der Waals surface area contributed by atoms with Gasteiger partial charge in [-0.15, -0.1) is 0 Å². The van der Waals surface area contributed by atoms with Gasteiger partial charge in [-0.3, -0.25) is 4.79 Å². The summed E-state index contributed by atoms with van der Waals surface area (Å²) in [6.07, 6.45) is 0. The molecule has 2 rings (SSSR count). The van der Waals surface area contributed by atoms with Crippen LogP contribution in [0.4, 0.5) is 5.69 Å². The summed E-state index contributed by atoms with van der Waals surface area (Å²) in [5, 5.41) is 2.72. The fourth-order valence-corrected chi connectivity index (χ4v) is 3.58. The SMILES string of the molecule is Cc1ccc(C(=O)Nc2cccc(S(=O)(=O)NC(C)(C)C)c2)cc1. The van der Waals surface area contributed by atoms with E-state index in [9.17, 15) is 13.2 Å². The Hall–Kier alpha value is -2.18. The van der Waals surface area contributed by atoms with Crippen LogP contribution in [0.2, 0.25) is 0 Å². The maximum Gasteiger partial charge on any atom is 0.255 e. The number of carbonyl (C=O) groups excluding carboxylic acids is 1. The average Bonchev–Trinajstić information content (AvgIpc) is 2.45. The van der Waals surface area contributed by atoms with Crippen molar-refractivity contribution in [3.8, 4) is 0 Å². The van der Waals surface area contributed by atoms with Crippen LogP contribution in [-0.2, 0) is 10.0 Å². The Kier molecular flexibility index (Phi) is 5.11. The molecule has 128 valence electrons. The van der Waals surface area contributed by atoms with Crippen molar-refractivity contribution in [3.63, 3.8) is 0 Å². The fraction of sp³-hybridized carbons (Fsp3) is 0.278. The Balaban J connectivity index is 2.21. The van der Waals surface area contributed by atoms with E-state index in [1.807, 2.05) is 19.1 Å². The molecule has 0 fully saturated rings.